The van der Waals surface area contributed by atoms with Crippen LogP contribution in [0.1, 0.15) is 21.5 Å². The Bertz CT molecular complexity index is 506. The molecule has 0 atom stereocenters. The molecule has 0 N–H and O–H groups in total. The topological polar surface area (TPSA) is 52.6 Å². The zero-order valence-corrected chi connectivity index (χ0v) is 9.87. The van der Waals surface area contributed by atoms with Gasteiger partial charge in [0.15, 0.2) is 0 Å². The molecule has 4 nitrogen and oxygen atoms in total. The van der Waals surface area contributed by atoms with Gasteiger partial charge in [-0.3, -0.25) is 0 Å². The summed E-state index contributed by atoms with van der Waals surface area (Å²) in [6, 6.07) is 5.10. The van der Waals surface area contributed by atoms with Gasteiger partial charge in [0.05, 0.1) is 19.8 Å². The highest BCUT2D eigenvalue weighted by Gasteiger charge is 2.10. The van der Waals surface area contributed by atoms with Crippen LogP contribution in [0.2, 0.25) is 0 Å². The van der Waals surface area contributed by atoms with Crippen LogP contribution in [0.4, 0.5) is 0 Å². The third kappa shape index (κ3) is 3.35. The molecule has 0 aliphatic rings. The van der Waals surface area contributed by atoms with Crippen molar-refractivity contribution >= 4 is 11.9 Å². The zero-order valence-electron chi connectivity index (χ0n) is 9.87. The largest absolute Gasteiger partial charge is 0.465 e. The van der Waals surface area contributed by atoms with Gasteiger partial charge in [0.25, 0.3) is 0 Å². The van der Waals surface area contributed by atoms with E-state index in [0.717, 1.165) is 5.56 Å². The van der Waals surface area contributed by atoms with E-state index in [1.807, 2.05) is 6.92 Å². The van der Waals surface area contributed by atoms with Crippen molar-refractivity contribution in [3.8, 4) is 11.8 Å². The summed E-state index contributed by atoms with van der Waals surface area (Å²) >= 11 is 0. The smallest absolute Gasteiger partial charge is 0.384 e. The second kappa shape index (κ2) is 5.71. The summed E-state index contributed by atoms with van der Waals surface area (Å²) in [4.78, 5) is 22.4. The van der Waals surface area contributed by atoms with E-state index in [2.05, 4.69) is 21.3 Å². The van der Waals surface area contributed by atoms with Crippen LogP contribution >= 0.6 is 0 Å². The number of aryl methyl sites for hydroxylation is 1. The predicted octanol–water partition coefficient (Wildman–Crippen LogP) is 1.31. The fraction of sp³-hybridized carbons (Fsp3) is 0.231. The minimum absolute atomic E-state index is 0.328. The first-order chi connectivity index (χ1) is 8.08. The molecule has 17 heavy (non-hydrogen) atoms. The highest BCUT2D eigenvalue weighted by Crippen LogP contribution is 2.11. The maximum absolute atomic E-state index is 11.5. The normalized spacial score (nSPS) is 8.88. The lowest BCUT2D eigenvalue weighted by Gasteiger charge is -2.03. The zero-order chi connectivity index (χ0) is 12.8. The Morgan fingerprint density at radius 3 is 2.47 bits per heavy atom. The van der Waals surface area contributed by atoms with Gasteiger partial charge in [0, 0.05) is 11.5 Å². The van der Waals surface area contributed by atoms with E-state index < -0.39 is 11.9 Å². The van der Waals surface area contributed by atoms with Crippen LogP contribution in [0.15, 0.2) is 18.2 Å². The summed E-state index contributed by atoms with van der Waals surface area (Å²) in [5.74, 6) is 3.73. The van der Waals surface area contributed by atoms with Crippen molar-refractivity contribution in [3.63, 3.8) is 0 Å². The van der Waals surface area contributed by atoms with E-state index in [1.54, 1.807) is 18.2 Å². The highest BCUT2D eigenvalue weighted by molar-refractivity contribution is 5.94. The number of hydrogen-bond donors (Lipinski definition) is 0. The molecular weight excluding hydrogens is 220 g/mol. The number of methoxy groups -OCH3 is 2. The average molecular weight is 232 g/mol. The lowest BCUT2D eigenvalue weighted by molar-refractivity contribution is -0.133. The van der Waals surface area contributed by atoms with Crippen LogP contribution < -0.4 is 0 Å². The van der Waals surface area contributed by atoms with E-state index >= 15 is 0 Å². The molecule has 0 radical (unpaired) electrons. The lowest BCUT2D eigenvalue weighted by atomic mass is 10.0. The van der Waals surface area contributed by atoms with E-state index in [-0.39, 0.29) is 0 Å². The maximum atomic E-state index is 11.5. The minimum Gasteiger partial charge on any atom is -0.465 e. The van der Waals surface area contributed by atoms with Gasteiger partial charge in [-0.05, 0) is 24.6 Å². The number of ether oxygens (including phenoxy) is 2. The van der Waals surface area contributed by atoms with Crippen molar-refractivity contribution in [2.75, 3.05) is 14.2 Å². The molecule has 1 rings (SSSR count). The second-order valence-corrected chi connectivity index (χ2v) is 3.28. The van der Waals surface area contributed by atoms with Gasteiger partial charge in [0.2, 0.25) is 0 Å². The number of benzene rings is 1. The number of rotatable bonds is 1. The Morgan fingerprint density at radius 1 is 1.18 bits per heavy atom. The molecule has 0 spiro atoms. The summed E-state index contributed by atoms with van der Waals surface area (Å²) in [5, 5.41) is 0. The Morgan fingerprint density at radius 2 is 1.88 bits per heavy atom. The Labute approximate surface area is 99.5 Å². The number of carbonyl (C=O) groups is 2. The molecule has 88 valence electrons. The summed E-state index contributed by atoms with van der Waals surface area (Å²) in [5.41, 5.74) is 1.71. The molecule has 0 fully saturated rings. The summed E-state index contributed by atoms with van der Waals surface area (Å²) in [6.07, 6.45) is 0. The monoisotopic (exact) mass is 232 g/mol. The molecule has 0 aromatic heterocycles. The highest BCUT2D eigenvalue weighted by atomic mass is 16.5. The van der Waals surface area contributed by atoms with Gasteiger partial charge < -0.3 is 9.47 Å². The van der Waals surface area contributed by atoms with Gasteiger partial charge >= 0.3 is 11.9 Å². The summed E-state index contributed by atoms with van der Waals surface area (Å²) in [7, 11) is 2.54. The third-order valence-corrected chi connectivity index (χ3v) is 2.07. The van der Waals surface area contributed by atoms with E-state index in [4.69, 9.17) is 0 Å². The number of carbonyl (C=O) groups excluding carboxylic acids is 2. The quantitative estimate of drug-likeness (QED) is 0.541. The van der Waals surface area contributed by atoms with Crippen LogP contribution in [-0.2, 0) is 14.3 Å². The third-order valence-electron chi connectivity index (χ3n) is 2.07. The minimum atomic E-state index is -0.651. The van der Waals surface area contributed by atoms with E-state index in [1.165, 1.54) is 14.2 Å². The van der Waals surface area contributed by atoms with Crippen LogP contribution in [0.3, 0.4) is 0 Å². The van der Waals surface area contributed by atoms with Crippen LogP contribution in [0.25, 0.3) is 0 Å². The first kappa shape index (κ1) is 12.8. The van der Waals surface area contributed by atoms with Gasteiger partial charge in [-0.25, -0.2) is 9.59 Å². The van der Waals surface area contributed by atoms with Crippen LogP contribution in [-0.4, -0.2) is 26.2 Å². The molecule has 1 aromatic carbocycles. The number of hydrogen-bond acceptors (Lipinski definition) is 4. The average Bonchev–Trinajstić information content (AvgIpc) is 2.35. The van der Waals surface area contributed by atoms with Crippen molar-refractivity contribution in [3.05, 3.63) is 34.9 Å². The predicted molar refractivity (Wildman–Crippen MR) is 61.4 cm³/mol. The first-order valence-electron chi connectivity index (χ1n) is 4.87. The molecule has 0 unspecified atom stereocenters. The molecule has 0 aliphatic heterocycles. The van der Waals surface area contributed by atoms with Gasteiger partial charge in [-0.15, -0.1) is 0 Å². The second-order valence-electron chi connectivity index (χ2n) is 3.28. The Kier molecular flexibility index (Phi) is 4.29. The van der Waals surface area contributed by atoms with Gasteiger partial charge in [-0.2, -0.15) is 0 Å². The van der Waals surface area contributed by atoms with Crippen LogP contribution in [0, 0.1) is 18.8 Å². The standard InChI is InChI=1S/C13H12O4/c1-9-4-6-11(13(15)17-3)10(8-9)5-7-12(14)16-2/h4,6,8H,1-3H3. The Hall–Kier alpha value is -2.28. The first-order valence-corrected chi connectivity index (χ1v) is 4.87. The number of esters is 2. The maximum Gasteiger partial charge on any atom is 0.384 e. The lowest BCUT2D eigenvalue weighted by Crippen LogP contribution is -2.04. The molecule has 0 heterocycles. The summed E-state index contributed by atoms with van der Waals surface area (Å²) < 4.78 is 9.03. The van der Waals surface area contributed by atoms with Gasteiger partial charge in [0.1, 0.15) is 0 Å². The van der Waals surface area contributed by atoms with Crippen molar-refractivity contribution in [1.29, 1.82) is 0 Å². The van der Waals surface area contributed by atoms with E-state index in [9.17, 15) is 9.59 Å². The van der Waals surface area contributed by atoms with Gasteiger partial charge in [-0.1, -0.05) is 12.0 Å². The molecule has 1 aromatic rings. The van der Waals surface area contributed by atoms with Crippen LogP contribution in [0.5, 0.6) is 0 Å². The van der Waals surface area contributed by atoms with Crippen molar-refractivity contribution in [1.82, 2.24) is 0 Å². The fourth-order valence-electron chi connectivity index (χ4n) is 1.22. The van der Waals surface area contributed by atoms with Crippen molar-refractivity contribution in [2.45, 2.75) is 6.92 Å². The Balaban J connectivity index is 3.19. The van der Waals surface area contributed by atoms with Crippen molar-refractivity contribution < 1.29 is 19.1 Å². The molecule has 4 heteroatoms. The summed E-state index contributed by atoms with van der Waals surface area (Å²) in [6.45, 7) is 1.87. The van der Waals surface area contributed by atoms with Crippen molar-refractivity contribution in [2.24, 2.45) is 0 Å². The fourth-order valence-corrected chi connectivity index (χ4v) is 1.22. The molecule has 0 aliphatic carbocycles. The van der Waals surface area contributed by atoms with E-state index in [0.29, 0.717) is 11.1 Å². The molecule has 0 bridgehead atoms. The molecule has 0 saturated heterocycles. The molecular formula is C13H12O4. The molecule has 0 amide bonds. The molecule has 0 saturated carbocycles. The SMILES string of the molecule is COC(=O)C#Cc1cc(C)ccc1C(=O)OC.